The maximum atomic E-state index is 4.46. The summed E-state index contributed by atoms with van der Waals surface area (Å²) in [6, 6.07) is 10.3. The minimum absolute atomic E-state index is 0.823. The molecule has 1 aromatic carbocycles. The zero-order valence-electron chi connectivity index (χ0n) is 9.67. The second kappa shape index (κ2) is 4.01. The molecule has 3 rings (SSSR count). The van der Waals surface area contributed by atoms with Crippen molar-refractivity contribution in [1.82, 2.24) is 14.5 Å². The van der Waals surface area contributed by atoms with Crippen molar-refractivity contribution in [2.24, 2.45) is 0 Å². The molecule has 0 amide bonds. The lowest BCUT2D eigenvalue weighted by atomic mass is 10.1. The lowest BCUT2D eigenvalue weighted by Crippen LogP contribution is -2.01. The van der Waals surface area contributed by atoms with E-state index in [1.54, 1.807) is 0 Å². The van der Waals surface area contributed by atoms with Crippen LogP contribution in [0.1, 0.15) is 11.4 Å². The van der Waals surface area contributed by atoms with E-state index < -0.39 is 0 Å². The van der Waals surface area contributed by atoms with Crippen LogP contribution in [0.4, 0.5) is 0 Å². The van der Waals surface area contributed by atoms with Gasteiger partial charge in [-0.1, -0.05) is 18.2 Å². The van der Waals surface area contributed by atoms with Crippen LogP contribution in [0.5, 0.6) is 0 Å². The summed E-state index contributed by atoms with van der Waals surface area (Å²) in [5, 5.41) is 1.18. The van der Waals surface area contributed by atoms with E-state index in [4.69, 9.17) is 0 Å². The van der Waals surface area contributed by atoms with Gasteiger partial charge in [0, 0.05) is 24.0 Å². The Morgan fingerprint density at radius 3 is 2.88 bits per heavy atom. The Hall–Kier alpha value is -2.16. The molecule has 3 nitrogen and oxygen atoms in total. The van der Waals surface area contributed by atoms with E-state index in [2.05, 4.69) is 26.7 Å². The summed E-state index contributed by atoms with van der Waals surface area (Å²) in [5.74, 6) is 1.03. The highest BCUT2D eigenvalue weighted by Crippen LogP contribution is 2.13. The van der Waals surface area contributed by atoms with Crippen LogP contribution < -0.4 is 0 Å². The number of pyridine rings is 1. The molecule has 0 aliphatic carbocycles. The van der Waals surface area contributed by atoms with Gasteiger partial charge in [0.1, 0.15) is 5.82 Å². The van der Waals surface area contributed by atoms with Crippen LogP contribution in [0, 0.1) is 6.92 Å². The molecule has 0 saturated heterocycles. The maximum absolute atomic E-state index is 4.46. The molecule has 2 heterocycles. The number of aryl methyl sites for hydroxylation is 1. The molecular weight excluding hydrogens is 210 g/mol. The third-order valence-electron chi connectivity index (χ3n) is 2.92. The van der Waals surface area contributed by atoms with Gasteiger partial charge in [-0.25, -0.2) is 4.98 Å². The van der Waals surface area contributed by atoms with Gasteiger partial charge >= 0.3 is 0 Å². The predicted octanol–water partition coefficient (Wildman–Crippen LogP) is 2.79. The predicted molar refractivity (Wildman–Crippen MR) is 67.8 cm³/mol. The minimum atomic E-state index is 0.823. The minimum Gasteiger partial charge on any atom is -0.331 e. The molecule has 0 spiro atoms. The Kier molecular flexibility index (Phi) is 2.37. The van der Waals surface area contributed by atoms with Crippen molar-refractivity contribution in [1.29, 1.82) is 0 Å². The molecular formula is C14H13N3. The summed E-state index contributed by atoms with van der Waals surface area (Å²) in [6.45, 7) is 2.83. The summed E-state index contributed by atoms with van der Waals surface area (Å²) in [6.07, 6.45) is 5.75. The second-order valence-corrected chi connectivity index (χ2v) is 4.14. The zero-order valence-corrected chi connectivity index (χ0v) is 9.67. The van der Waals surface area contributed by atoms with Gasteiger partial charge in [0.2, 0.25) is 0 Å². The Morgan fingerprint density at radius 2 is 2.06 bits per heavy atom. The Morgan fingerprint density at radius 1 is 1.18 bits per heavy atom. The largest absolute Gasteiger partial charge is 0.331 e. The van der Waals surface area contributed by atoms with Gasteiger partial charge in [0.15, 0.2) is 0 Å². The summed E-state index contributed by atoms with van der Waals surface area (Å²) < 4.78 is 2.12. The van der Waals surface area contributed by atoms with Crippen molar-refractivity contribution in [2.45, 2.75) is 13.5 Å². The van der Waals surface area contributed by atoms with Crippen LogP contribution in [0.25, 0.3) is 10.9 Å². The van der Waals surface area contributed by atoms with E-state index in [1.165, 1.54) is 10.9 Å². The molecule has 3 aromatic rings. The molecule has 17 heavy (non-hydrogen) atoms. The number of nitrogens with zero attached hydrogens (tertiary/aromatic N) is 3. The van der Waals surface area contributed by atoms with E-state index in [-0.39, 0.29) is 0 Å². The second-order valence-electron chi connectivity index (χ2n) is 4.14. The zero-order chi connectivity index (χ0) is 11.7. The molecule has 0 unspecified atom stereocenters. The summed E-state index contributed by atoms with van der Waals surface area (Å²) in [5.41, 5.74) is 2.24. The van der Waals surface area contributed by atoms with Crippen LogP contribution in [-0.2, 0) is 6.54 Å². The fourth-order valence-electron chi connectivity index (χ4n) is 1.97. The van der Waals surface area contributed by atoms with E-state index >= 15 is 0 Å². The molecule has 0 aliphatic rings. The third-order valence-corrected chi connectivity index (χ3v) is 2.92. The SMILES string of the molecule is Cc1nccn1Cc1cnc2ccccc2c1. The fraction of sp³-hybridized carbons (Fsp3) is 0.143. The van der Waals surface area contributed by atoms with Gasteiger partial charge in [-0.15, -0.1) is 0 Å². The average Bonchev–Trinajstić information content (AvgIpc) is 2.75. The van der Waals surface area contributed by atoms with Gasteiger partial charge in [0.25, 0.3) is 0 Å². The van der Waals surface area contributed by atoms with Crippen LogP contribution in [-0.4, -0.2) is 14.5 Å². The maximum Gasteiger partial charge on any atom is 0.105 e. The molecule has 3 heteroatoms. The van der Waals surface area contributed by atoms with Crippen molar-refractivity contribution >= 4 is 10.9 Å². The van der Waals surface area contributed by atoms with Crippen molar-refractivity contribution in [3.05, 3.63) is 60.3 Å². The number of imidazole rings is 1. The molecule has 0 atom stereocenters. The van der Waals surface area contributed by atoms with E-state index in [1.807, 2.05) is 43.7 Å². The summed E-state index contributed by atoms with van der Waals surface area (Å²) >= 11 is 0. The first-order chi connectivity index (χ1) is 8.33. The van der Waals surface area contributed by atoms with Gasteiger partial charge in [0.05, 0.1) is 12.1 Å². The molecule has 0 radical (unpaired) electrons. The highest BCUT2D eigenvalue weighted by molar-refractivity contribution is 5.78. The van der Waals surface area contributed by atoms with Crippen molar-refractivity contribution in [3.63, 3.8) is 0 Å². The number of aromatic nitrogens is 3. The van der Waals surface area contributed by atoms with Crippen molar-refractivity contribution in [3.8, 4) is 0 Å². The van der Waals surface area contributed by atoms with Gasteiger partial charge in [-0.3, -0.25) is 4.98 Å². The van der Waals surface area contributed by atoms with E-state index in [9.17, 15) is 0 Å². The number of benzene rings is 1. The monoisotopic (exact) mass is 223 g/mol. The smallest absolute Gasteiger partial charge is 0.105 e. The van der Waals surface area contributed by atoms with Crippen LogP contribution >= 0.6 is 0 Å². The van der Waals surface area contributed by atoms with Gasteiger partial charge < -0.3 is 4.57 Å². The van der Waals surface area contributed by atoms with E-state index in [0.29, 0.717) is 0 Å². The Bertz CT molecular complexity index is 655. The average molecular weight is 223 g/mol. The molecule has 0 bridgehead atoms. The lowest BCUT2D eigenvalue weighted by Gasteiger charge is -2.06. The van der Waals surface area contributed by atoms with E-state index in [0.717, 1.165) is 17.9 Å². The normalized spacial score (nSPS) is 10.9. The number of fused-ring (bicyclic) bond motifs is 1. The fourth-order valence-corrected chi connectivity index (χ4v) is 1.97. The molecule has 84 valence electrons. The number of hydrogen-bond donors (Lipinski definition) is 0. The standard InChI is InChI=1S/C14H13N3/c1-11-15-6-7-17(11)10-12-8-13-4-2-3-5-14(13)16-9-12/h2-9H,10H2,1H3. The summed E-state index contributed by atoms with van der Waals surface area (Å²) in [7, 11) is 0. The molecule has 0 fully saturated rings. The quantitative estimate of drug-likeness (QED) is 0.668. The van der Waals surface area contributed by atoms with Gasteiger partial charge in [-0.05, 0) is 24.6 Å². The summed E-state index contributed by atoms with van der Waals surface area (Å²) in [4.78, 5) is 8.68. The van der Waals surface area contributed by atoms with Crippen molar-refractivity contribution in [2.75, 3.05) is 0 Å². The third kappa shape index (κ3) is 1.91. The molecule has 0 aliphatic heterocycles. The first-order valence-corrected chi connectivity index (χ1v) is 5.64. The van der Waals surface area contributed by atoms with Crippen LogP contribution in [0.15, 0.2) is 48.9 Å². The van der Waals surface area contributed by atoms with Crippen LogP contribution in [0.3, 0.4) is 0 Å². The number of rotatable bonds is 2. The number of para-hydroxylation sites is 1. The first-order valence-electron chi connectivity index (χ1n) is 5.64. The molecule has 0 N–H and O–H groups in total. The molecule has 2 aromatic heterocycles. The highest BCUT2D eigenvalue weighted by atomic mass is 15.0. The van der Waals surface area contributed by atoms with Gasteiger partial charge in [-0.2, -0.15) is 0 Å². The molecule has 0 saturated carbocycles. The highest BCUT2D eigenvalue weighted by Gasteiger charge is 2.00. The topological polar surface area (TPSA) is 30.7 Å². The van der Waals surface area contributed by atoms with Crippen LogP contribution in [0.2, 0.25) is 0 Å². The lowest BCUT2D eigenvalue weighted by molar-refractivity contribution is 0.760. The first kappa shape index (κ1) is 10.0. The Labute approximate surface area is 99.8 Å². The van der Waals surface area contributed by atoms with Crippen molar-refractivity contribution < 1.29 is 0 Å². The Balaban J connectivity index is 1.99. The number of hydrogen-bond acceptors (Lipinski definition) is 2.